The van der Waals surface area contributed by atoms with E-state index in [1.54, 1.807) is 7.11 Å². The van der Waals surface area contributed by atoms with Gasteiger partial charge < -0.3 is 14.5 Å². The molecule has 2 atom stereocenters. The summed E-state index contributed by atoms with van der Waals surface area (Å²) < 4.78 is 11.6. The monoisotopic (exact) mass is 323 g/mol. The van der Waals surface area contributed by atoms with Crippen LogP contribution in [0.1, 0.15) is 37.3 Å². The predicted molar refractivity (Wildman–Crippen MR) is 79.4 cm³/mol. The molecule has 0 fully saturated rings. The molecular formula is C15H18BrNO2. The second-order valence-corrected chi connectivity index (χ2v) is 5.31. The SMILES string of the molecule is COc1cccc([C@@H](C)NC(C)c2ccc(Br)o2)c1. The summed E-state index contributed by atoms with van der Waals surface area (Å²) in [6, 6.07) is 12.3. The molecule has 2 aromatic rings. The van der Waals surface area contributed by atoms with Gasteiger partial charge in [0.25, 0.3) is 0 Å². The van der Waals surface area contributed by atoms with Crippen LogP contribution in [0.5, 0.6) is 5.75 Å². The highest BCUT2D eigenvalue weighted by atomic mass is 79.9. The molecule has 4 heteroatoms. The first-order valence-corrected chi connectivity index (χ1v) is 7.04. The van der Waals surface area contributed by atoms with E-state index >= 15 is 0 Å². The quantitative estimate of drug-likeness (QED) is 0.881. The normalized spacial score (nSPS) is 14.1. The van der Waals surface area contributed by atoms with Gasteiger partial charge in [-0.05, 0) is 59.6 Å². The number of furan rings is 1. The summed E-state index contributed by atoms with van der Waals surface area (Å²) in [7, 11) is 1.68. The number of halogens is 1. The summed E-state index contributed by atoms with van der Waals surface area (Å²) >= 11 is 3.32. The second kappa shape index (κ2) is 6.26. The van der Waals surface area contributed by atoms with Gasteiger partial charge in [0.1, 0.15) is 11.5 Å². The molecule has 1 heterocycles. The van der Waals surface area contributed by atoms with Crippen molar-refractivity contribution in [3.63, 3.8) is 0 Å². The van der Waals surface area contributed by atoms with Crippen molar-refractivity contribution in [3.8, 4) is 5.75 Å². The third-order valence-electron chi connectivity index (χ3n) is 3.11. The van der Waals surface area contributed by atoms with Gasteiger partial charge in [0.05, 0.1) is 13.2 Å². The fraction of sp³-hybridized carbons (Fsp3) is 0.333. The molecule has 0 aliphatic heterocycles. The molecule has 0 aliphatic rings. The van der Waals surface area contributed by atoms with Crippen molar-refractivity contribution < 1.29 is 9.15 Å². The number of rotatable bonds is 5. The number of nitrogens with one attached hydrogen (secondary N) is 1. The Morgan fingerprint density at radius 3 is 2.58 bits per heavy atom. The Hall–Kier alpha value is -1.26. The molecule has 1 aromatic heterocycles. The number of ether oxygens (including phenoxy) is 1. The fourth-order valence-electron chi connectivity index (χ4n) is 2.03. The van der Waals surface area contributed by atoms with E-state index < -0.39 is 0 Å². The van der Waals surface area contributed by atoms with Crippen LogP contribution in [0.2, 0.25) is 0 Å². The van der Waals surface area contributed by atoms with E-state index in [-0.39, 0.29) is 12.1 Å². The van der Waals surface area contributed by atoms with Gasteiger partial charge in [0.2, 0.25) is 0 Å². The lowest BCUT2D eigenvalue weighted by Gasteiger charge is -2.19. The zero-order chi connectivity index (χ0) is 13.8. The predicted octanol–water partition coefficient (Wildman–Crippen LogP) is 4.46. The Morgan fingerprint density at radius 1 is 1.16 bits per heavy atom. The summed E-state index contributed by atoms with van der Waals surface area (Å²) in [4.78, 5) is 0. The van der Waals surface area contributed by atoms with E-state index in [0.717, 1.165) is 16.2 Å². The minimum Gasteiger partial charge on any atom is -0.497 e. The van der Waals surface area contributed by atoms with Crippen molar-refractivity contribution >= 4 is 15.9 Å². The molecule has 1 aromatic carbocycles. The molecule has 102 valence electrons. The summed E-state index contributed by atoms with van der Waals surface area (Å²) in [5.41, 5.74) is 1.19. The molecule has 19 heavy (non-hydrogen) atoms. The summed E-state index contributed by atoms with van der Waals surface area (Å²) in [6.07, 6.45) is 0. The molecule has 0 spiro atoms. The number of hydrogen-bond donors (Lipinski definition) is 1. The first kappa shape index (κ1) is 14.2. The maximum Gasteiger partial charge on any atom is 0.169 e. The van der Waals surface area contributed by atoms with Gasteiger partial charge in [-0.2, -0.15) is 0 Å². The Kier molecular flexibility index (Phi) is 4.66. The van der Waals surface area contributed by atoms with Crippen LogP contribution in [0.15, 0.2) is 45.5 Å². The zero-order valence-electron chi connectivity index (χ0n) is 11.3. The van der Waals surface area contributed by atoms with Gasteiger partial charge >= 0.3 is 0 Å². The maximum absolute atomic E-state index is 5.56. The van der Waals surface area contributed by atoms with E-state index in [9.17, 15) is 0 Å². The van der Waals surface area contributed by atoms with Crippen LogP contribution >= 0.6 is 15.9 Å². The largest absolute Gasteiger partial charge is 0.497 e. The molecule has 0 saturated heterocycles. The lowest BCUT2D eigenvalue weighted by Crippen LogP contribution is -2.22. The van der Waals surface area contributed by atoms with Gasteiger partial charge in [0.15, 0.2) is 4.67 Å². The average Bonchev–Trinajstić information content (AvgIpc) is 2.85. The van der Waals surface area contributed by atoms with Crippen LogP contribution in [-0.4, -0.2) is 7.11 Å². The third kappa shape index (κ3) is 3.61. The molecule has 1 unspecified atom stereocenters. The van der Waals surface area contributed by atoms with E-state index in [2.05, 4.69) is 41.2 Å². The van der Waals surface area contributed by atoms with Crippen molar-refractivity contribution in [1.29, 1.82) is 0 Å². The minimum atomic E-state index is 0.146. The molecule has 0 aliphatic carbocycles. The van der Waals surface area contributed by atoms with Gasteiger partial charge in [-0.3, -0.25) is 0 Å². The highest BCUT2D eigenvalue weighted by molar-refractivity contribution is 9.10. The topological polar surface area (TPSA) is 34.4 Å². The number of hydrogen-bond acceptors (Lipinski definition) is 3. The highest BCUT2D eigenvalue weighted by Gasteiger charge is 2.14. The smallest absolute Gasteiger partial charge is 0.169 e. The molecule has 1 N–H and O–H groups in total. The first-order chi connectivity index (χ1) is 9.10. The Bertz CT molecular complexity index is 538. The lowest BCUT2D eigenvalue weighted by atomic mass is 10.1. The minimum absolute atomic E-state index is 0.146. The Balaban J connectivity index is 2.05. The maximum atomic E-state index is 5.56. The van der Waals surface area contributed by atoms with Crippen molar-refractivity contribution in [1.82, 2.24) is 5.32 Å². The molecule has 0 bridgehead atoms. The second-order valence-electron chi connectivity index (χ2n) is 4.53. The van der Waals surface area contributed by atoms with E-state index in [1.807, 2.05) is 30.3 Å². The van der Waals surface area contributed by atoms with Gasteiger partial charge in [0, 0.05) is 6.04 Å². The standard InChI is InChI=1S/C15H18BrNO2/c1-10(12-5-4-6-13(9-12)18-3)17-11(2)14-7-8-15(16)19-14/h4-11,17H,1-3H3/t10-,11?/m1/s1. The van der Waals surface area contributed by atoms with Crippen molar-refractivity contribution in [2.75, 3.05) is 7.11 Å². The summed E-state index contributed by atoms with van der Waals surface area (Å²) in [5.74, 6) is 1.79. The third-order valence-corrected chi connectivity index (χ3v) is 3.54. The molecule has 3 nitrogen and oxygen atoms in total. The van der Waals surface area contributed by atoms with Crippen LogP contribution in [0.25, 0.3) is 0 Å². The van der Waals surface area contributed by atoms with Gasteiger partial charge in [-0.25, -0.2) is 0 Å². The van der Waals surface area contributed by atoms with Crippen molar-refractivity contribution in [3.05, 3.63) is 52.4 Å². The Labute approximate surface area is 122 Å². The van der Waals surface area contributed by atoms with E-state index in [1.165, 1.54) is 5.56 Å². The number of benzene rings is 1. The van der Waals surface area contributed by atoms with Crippen LogP contribution < -0.4 is 10.1 Å². The van der Waals surface area contributed by atoms with E-state index in [4.69, 9.17) is 9.15 Å². The lowest BCUT2D eigenvalue weighted by molar-refractivity contribution is 0.391. The van der Waals surface area contributed by atoms with Crippen LogP contribution in [0.4, 0.5) is 0 Å². The zero-order valence-corrected chi connectivity index (χ0v) is 12.9. The Morgan fingerprint density at radius 2 is 1.95 bits per heavy atom. The van der Waals surface area contributed by atoms with Crippen LogP contribution in [0, 0.1) is 0 Å². The first-order valence-electron chi connectivity index (χ1n) is 6.25. The summed E-state index contributed by atoms with van der Waals surface area (Å²) in [5, 5.41) is 3.51. The van der Waals surface area contributed by atoms with Crippen LogP contribution in [-0.2, 0) is 0 Å². The molecule has 0 saturated carbocycles. The summed E-state index contributed by atoms with van der Waals surface area (Å²) in [6.45, 7) is 4.21. The van der Waals surface area contributed by atoms with Gasteiger partial charge in [-0.1, -0.05) is 12.1 Å². The fourth-order valence-corrected chi connectivity index (χ4v) is 2.34. The molecule has 2 rings (SSSR count). The van der Waals surface area contributed by atoms with Crippen molar-refractivity contribution in [2.45, 2.75) is 25.9 Å². The molecule has 0 amide bonds. The van der Waals surface area contributed by atoms with E-state index in [0.29, 0.717) is 0 Å². The average molecular weight is 324 g/mol. The molecule has 0 radical (unpaired) electrons. The van der Waals surface area contributed by atoms with Crippen molar-refractivity contribution in [2.24, 2.45) is 0 Å². The number of methoxy groups -OCH3 is 1. The van der Waals surface area contributed by atoms with Gasteiger partial charge in [-0.15, -0.1) is 0 Å². The molecular weight excluding hydrogens is 306 g/mol. The highest BCUT2D eigenvalue weighted by Crippen LogP contribution is 2.24. The van der Waals surface area contributed by atoms with Crippen LogP contribution in [0.3, 0.4) is 0 Å².